The minimum absolute atomic E-state index is 0.0791. The minimum atomic E-state index is -0.705. The van der Waals surface area contributed by atoms with Gasteiger partial charge >= 0.3 is 0 Å². The monoisotopic (exact) mass is 326 g/mol. The van der Waals surface area contributed by atoms with Crippen LogP contribution < -0.4 is 20.6 Å². The number of nitriles is 1. The Balaban J connectivity index is 2.24. The van der Waals surface area contributed by atoms with Crippen LogP contribution in [0.5, 0.6) is 11.5 Å². The van der Waals surface area contributed by atoms with Crippen LogP contribution in [-0.2, 0) is 6.61 Å². The van der Waals surface area contributed by atoms with E-state index in [4.69, 9.17) is 19.6 Å². The number of benzene rings is 1. The van der Waals surface area contributed by atoms with Crippen molar-refractivity contribution < 1.29 is 19.0 Å². The first-order valence-corrected chi connectivity index (χ1v) is 7.08. The predicted octanol–water partition coefficient (Wildman–Crippen LogP) is 1.36. The number of nitrogens with two attached hydrogens (primary N) is 1. The smallest absolute Gasteiger partial charge is 0.228 e. The summed E-state index contributed by atoms with van der Waals surface area (Å²) < 4.78 is 16.0. The third-order valence-electron chi connectivity index (χ3n) is 3.73. The number of methoxy groups -OCH3 is 1. The Morgan fingerprint density at radius 1 is 1.38 bits per heavy atom. The van der Waals surface area contributed by atoms with Crippen LogP contribution in [-0.4, -0.2) is 12.2 Å². The van der Waals surface area contributed by atoms with Crippen LogP contribution in [0.2, 0.25) is 0 Å². The van der Waals surface area contributed by atoms with E-state index in [1.54, 1.807) is 31.4 Å². The average molecular weight is 326 g/mol. The lowest BCUT2D eigenvalue weighted by Crippen LogP contribution is -2.25. The highest BCUT2D eigenvalue weighted by Crippen LogP contribution is 2.41. The Morgan fingerprint density at radius 2 is 2.08 bits per heavy atom. The van der Waals surface area contributed by atoms with E-state index >= 15 is 0 Å². The lowest BCUT2D eigenvalue weighted by molar-refractivity contribution is 0.231. The van der Waals surface area contributed by atoms with Crippen molar-refractivity contribution in [2.24, 2.45) is 5.73 Å². The van der Waals surface area contributed by atoms with Gasteiger partial charge in [-0.1, -0.05) is 12.1 Å². The topological polar surface area (TPSA) is 119 Å². The molecular weight excluding hydrogens is 312 g/mol. The summed E-state index contributed by atoms with van der Waals surface area (Å²) in [4.78, 5) is 12.2. The molecule has 0 fully saturated rings. The largest absolute Gasteiger partial charge is 0.497 e. The SMILES string of the molecule is COc1ccc([C@H]2C(C#N)=C(N)Oc3c2oc(CO)cc3=O)cc1. The highest BCUT2D eigenvalue weighted by molar-refractivity contribution is 5.52. The molecule has 0 bridgehead atoms. The van der Waals surface area contributed by atoms with Crippen molar-refractivity contribution in [2.75, 3.05) is 7.11 Å². The van der Waals surface area contributed by atoms with Crippen molar-refractivity contribution in [3.63, 3.8) is 0 Å². The number of hydrogen-bond acceptors (Lipinski definition) is 7. The summed E-state index contributed by atoms with van der Waals surface area (Å²) in [6.07, 6.45) is 0. The van der Waals surface area contributed by atoms with E-state index < -0.39 is 18.0 Å². The number of aliphatic hydroxyl groups excluding tert-OH is 1. The minimum Gasteiger partial charge on any atom is -0.497 e. The van der Waals surface area contributed by atoms with Gasteiger partial charge in [-0.3, -0.25) is 4.79 Å². The molecule has 0 aliphatic carbocycles. The molecule has 7 nitrogen and oxygen atoms in total. The van der Waals surface area contributed by atoms with Gasteiger partial charge in [-0.2, -0.15) is 5.26 Å². The molecule has 0 radical (unpaired) electrons. The Morgan fingerprint density at radius 3 is 2.67 bits per heavy atom. The lowest BCUT2D eigenvalue weighted by atomic mass is 9.87. The van der Waals surface area contributed by atoms with Gasteiger partial charge in [0.1, 0.15) is 29.8 Å². The third-order valence-corrected chi connectivity index (χ3v) is 3.73. The van der Waals surface area contributed by atoms with Gasteiger partial charge in [-0.05, 0) is 17.7 Å². The highest BCUT2D eigenvalue weighted by atomic mass is 16.5. The summed E-state index contributed by atoms with van der Waals surface area (Å²) in [5.74, 6) is -0.0589. The summed E-state index contributed by atoms with van der Waals surface area (Å²) in [6, 6.07) is 10.1. The molecule has 1 aromatic carbocycles. The van der Waals surface area contributed by atoms with Gasteiger partial charge in [-0.25, -0.2) is 0 Å². The van der Waals surface area contributed by atoms with Crippen LogP contribution in [0.25, 0.3) is 0 Å². The number of nitrogens with zero attached hydrogens (tertiary/aromatic N) is 1. The first-order valence-electron chi connectivity index (χ1n) is 7.08. The zero-order valence-corrected chi connectivity index (χ0v) is 12.8. The Bertz CT molecular complexity index is 906. The summed E-state index contributed by atoms with van der Waals surface area (Å²) in [5, 5.41) is 18.7. The van der Waals surface area contributed by atoms with Crippen molar-refractivity contribution >= 4 is 0 Å². The van der Waals surface area contributed by atoms with Gasteiger partial charge in [-0.15, -0.1) is 0 Å². The molecule has 1 aliphatic rings. The number of allylic oxidation sites excluding steroid dienone is 1. The van der Waals surface area contributed by atoms with E-state index in [0.29, 0.717) is 11.3 Å². The molecule has 1 aromatic heterocycles. The van der Waals surface area contributed by atoms with Crippen molar-refractivity contribution in [3.8, 4) is 17.6 Å². The molecule has 0 unspecified atom stereocenters. The molecule has 0 saturated heterocycles. The van der Waals surface area contributed by atoms with Crippen LogP contribution >= 0.6 is 0 Å². The summed E-state index contributed by atoms with van der Waals surface area (Å²) in [7, 11) is 1.55. The molecule has 3 N–H and O–H groups in total. The quantitative estimate of drug-likeness (QED) is 0.874. The second-order valence-corrected chi connectivity index (χ2v) is 5.13. The van der Waals surface area contributed by atoms with E-state index in [2.05, 4.69) is 0 Å². The van der Waals surface area contributed by atoms with Gasteiger partial charge in [0.25, 0.3) is 0 Å². The van der Waals surface area contributed by atoms with Crippen molar-refractivity contribution in [1.82, 2.24) is 0 Å². The van der Waals surface area contributed by atoms with Gasteiger partial charge in [0.2, 0.25) is 17.1 Å². The van der Waals surface area contributed by atoms with Gasteiger partial charge < -0.3 is 24.7 Å². The maximum atomic E-state index is 12.2. The van der Waals surface area contributed by atoms with Crippen molar-refractivity contribution in [1.29, 1.82) is 5.26 Å². The molecule has 2 aromatic rings. The predicted molar refractivity (Wildman–Crippen MR) is 83.2 cm³/mol. The average Bonchev–Trinajstić information content (AvgIpc) is 2.61. The first kappa shape index (κ1) is 15.6. The second kappa shape index (κ2) is 6.10. The van der Waals surface area contributed by atoms with Crippen LogP contribution in [0.15, 0.2) is 51.0 Å². The Hall–Kier alpha value is -3.24. The molecule has 122 valence electrons. The molecule has 1 atom stereocenters. The molecule has 7 heteroatoms. The number of rotatable bonds is 3. The molecule has 1 aliphatic heterocycles. The second-order valence-electron chi connectivity index (χ2n) is 5.13. The van der Waals surface area contributed by atoms with Gasteiger partial charge in [0.15, 0.2) is 5.76 Å². The standard InChI is InChI=1S/C17H14N2O5/c1-22-10-4-2-9(3-5-10)14-12(7-18)17(19)24-15-13(21)6-11(8-20)23-16(14)15/h2-6,14,20H,8,19H2,1H3/t14-/m0/s1. The zero-order valence-electron chi connectivity index (χ0n) is 12.8. The Kier molecular flexibility index (Phi) is 3.98. The highest BCUT2D eigenvalue weighted by Gasteiger charge is 2.35. The molecule has 0 amide bonds. The Labute approximate surface area is 137 Å². The molecule has 24 heavy (non-hydrogen) atoms. The number of aliphatic hydroxyl groups is 1. The van der Waals surface area contributed by atoms with Crippen LogP contribution in [0.1, 0.15) is 23.0 Å². The van der Waals surface area contributed by atoms with E-state index in [0.717, 1.165) is 6.07 Å². The van der Waals surface area contributed by atoms with Crippen LogP contribution in [0, 0.1) is 11.3 Å². The van der Waals surface area contributed by atoms with E-state index in [1.165, 1.54) is 0 Å². The van der Waals surface area contributed by atoms with Crippen molar-refractivity contribution in [2.45, 2.75) is 12.5 Å². The summed E-state index contributed by atoms with van der Waals surface area (Å²) >= 11 is 0. The maximum Gasteiger partial charge on any atom is 0.228 e. The molecule has 3 rings (SSSR count). The number of fused-ring (bicyclic) bond motifs is 1. The van der Waals surface area contributed by atoms with E-state index in [1.807, 2.05) is 6.07 Å². The molecule has 0 spiro atoms. The normalized spacial score (nSPS) is 16.1. The van der Waals surface area contributed by atoms with E-state index in [-0.39, 0.29) is 28.7 Å². The lowest BCUT2D eigenvalue weighted by Gasteiger charge is -2.24. The van der Waals surface area contributed by atoms with Crippen LogP contribution in [0.3, 0.4) is 0 Å². The number of ether oxygens (including phenoxy) is 2. The maximum absolute atomic E-state index is 12.2. The van der Waals surface area contributed by atoms with Gasteiger partial charge in [0, 0.05) is 6.07 Å². The third kappa shape index (κ3) is 2.49. The fourth-order valence-electron chi connectivity index (χ4n) is 2.59. The summed E-state index contributed by atoms with van der Waals surface area (Å²) in [5.41, 5.74) is 6.14. The summed E-state index contributed by atoms with van der Waals surface area (Å²) in [6.45, 7) is -0.446. The van der Waals surface area contributed by atoms with Crippen LogP contribution in [0.4, 0.5) is 0 Å². The first-order chi connectivity index (χ1) is 11.6. The molecule has 2 heterocycles. The molecule has 0 saturated carbocycles. The number of hydrogen-bond donors (Lipinski definition) is 2. The zero-order chi connectivity index (χ0) is 17.3. The van der Waals surface area contributed by atoms with Crippen molar-refractivity contribution in [3.05, 3.63) is 69.1 Å². The fraction of sp³-hybridized carbons (Fsp3) is 0.176. The van der Waals surface area contributed by atoms with E-state index in [9.17, 15) is 15.2 Å². The van der Waals surface area contributed by atoms with Gasteiger partial charge in [0.05, 0.1) is 13.0 Å². The fourth-order valence-corrected chi connectivity index (χ4v) is 2.59. The molecular formula is C17H14N2O5.